The van der Waals surface area contributed by atoms with Crippen molar-refractivity contribution in [2.24, 2.45) is 0 Å². The number of amides is 1. The summed E-state index contributed by atoms with van der Waals surface area (Å²) in [6.45, 7) is 5.63. The highest BCUT2D eigenvalue weighted by Gasteiger charge is 2.44. The van der Waals surface area contributed by atoms with Crippen molar-refractivity contribution in [3.63, 3.8) is 0 Å². The Balaban J connectivity index is 1.50. The minimum atomic E-state index is -0.714. The number of benzene rings is 2. The number of hydrogen-bond donors (Lipinski definition) is 1. The van der Waals surface area contributed by atoms with Crippen LogP contribution in [-0.2, 0) is 9.53 Å². The molecule has 8 nitrogen and oxygen atoms in total. The number of Topliss-reactive ketones (excluding diaryl/α,β-unsaturated/α-hetero) is 1. The van der Waals surface area contributed by atoms with E-state index < -0.39 is 17.7 Å². The molecule has 0 saturated carbocycles. The van der Waals surface area contributed by atoms with Crippen molar-refractivity contribution in [3.8, 4) is 16.3 Å². The number of ketones is 1. The van der Waals surface area contributed by atoms with E-state index in [4.69, 9.17) is 9.47 Å². The van der Waals surface area contributed by atoms with Gasteiger partial charge in [-0.25, -0.2) is 4.98 Å². The van der Waals surface area contributed by atoms with E-state index in [2.05, 4.69) is 9.88 Å². The summed E-state index contributed by atoms with van der Waals surface area (Å²) in [5, 5.41) is 11.8. The Hall–Kier alpha value is -3.53. The summed E-state index contributed by atoms with van der Waals surface area (Å²) in [6.07, 6.45) is 0. The third-order valence-corrected chi connectivity index (χ3v) is 7.97. The van der Waals surface area contributed by atoms with E-state index in [1.807, 2.05) is 42.5 Å². The maximum absolute atomic E-state index is 13.9. The molecule has 0 radical (unpaired) electrons. The first-order valence-electron chi connectivity index (χ1n) is 12.2. The van der Waals surface area contributed by atoms with Crippen molar-refractivity contribution in [2.45, 2.75) is 13.0 Å². The average molecular weight is 520 g/mol. The van der Waals surface area contributed by atoms with Gasteiger partial charge >= 0.3 is 0 Å². The van der Waals surface area contributed by atoms with Crippen molar-refractivity contribution >= 4 is 23.0 Å². The Kier molecular flexibility index (Phi) is 7.36. The van der Waals surface area contributed by atoms with Gasteiger partial charge in [-0.15, -0.1) is 11.3 Å². The van der Waals surface area contributed by atoms with Crippen LogP contribution in [0.1, 0.15) is 27.0 Å². The number of carbonyl (C=O) groups is 2. The number of carbonyl (C=O) groups excluding carboxylic acids is 2. The molecule has 1 saturated heterocycles. The second kappa shape index (κ2) is 10.8. The van der Waals surface area contributed by atoms with E-state index in [0.29, 0.717) is 42.6 Å². The Morgan fingerprint density at radius 2 is 1.81 bits per heavy atom. The summed E-state index contributed by atoms with van der Waals surface area (Å²) >= 11 is 1.27. The zero-order valence-corrected chi connectivity index (χ0v) is 21.7. The van der Waals surface area contributed by atoms with E-state index in [1.165, 1.54) is 11.3 Å². The van der Waals surface area contributed by atoms with Gasteiger partial charge in [-0.1, -0.05) is 42.5 Å². The lowest BCUT2D eigenvalue weighted by Crippen LogP contribution is -2.43. The fourth-order valence-corrected chi connectivity index (χ4v) is 5.78. The Morgan fingerprint density at radius 3 is 2.49 bits per heavy atom. The topological polar surface area (TPSA) is 92.2 Å². The summed E-state index contributed by atoms with van der Waals surface area (Å²) in [4.78, 5) is 36.1. The van der Waals surface area contributed by atoms with Gasteiger partial charge in [0.15, 0.2) is 5.76 Å². The van der Waals surface area contributed by atoms with E-state index in [1.54, 1.807) is 31.1 Å². The van der Waals surface area contributed by atoms with Crippen molar-refractivity contribution in [1.82, 2.24) is 14.8 Å². The highest BCUT2D eigenvalue weighted by atomic mass is 32.1. The minimum Gasteiger partial charge on any atom is -0.503 e. The van der Waals surface area contributed by atoms with Crippen LogP contribution in [0.25, 0.3) is 10.6 Å². The first kappa shape index (κ1) is 25.1. The quantitative estimate of drug-likeness (QED) is 0.449. The molecule has 3 aromatic rings. The number of ether oxygens (including phenoxy) is 2. The molecular weight excluding hydrogens is 490 g/mol. The lowest BCUT2D eigenvalue weighted by molar-refractivity contribution is -0.129. The van der Waals surface area contributed by atoms with Gasteiger partial charge in [-0.05, 0) is 24.6 Å². The van der Waals surface area contributed by atoms with Crippen LogP contribution in [0.15, 0.2) is 65.9 Å². The molecule has 0 spiro atoms. The SMILES string of the molecule is COc1ccc(C2C(C(=O)c3sc(-c4ccccc4)nc3C)=C(O)C(=O)N2CCN2CCOCC2)cc1. The summed E-state index contributed by atoms with van der Waals surface area (Å²) in [5.41, 5.74) is 2.30. The molecule has 0 bridgehead atoms. The van der Waals surface area contributed by atoms with Gasteiger partial charge < -0.3 is 19.5 Å². The molecule has 192 valence electrons. The van der Waals surface area contributed by atoms with Gasteiger partial charge in [-0.3, -0.25) is 14.5 Å². The number of aliphatic hydroxyl groups is 1. The fraction of sp³-hybridized carbons (Fsp3) is 0.321. The van der Waals surface area contributed by atoms with Crippen molar-refractivity contribution in [1.29, 1.82) is 0 Å². The van der Waals surface area contributed by atoms with Gasteiger partial charge in [0, 0.05) is 31.7 Å². The van der Waals surface area contributed by atoms with Crippen molar-refractivity contribution in [2.75, 3.05) is 46.5 Å². The second-order valence-electron chi connectivity index (χ2n) is 9.02. The zero-order chi connectivity index (χ0) is 25.9. The highest BCUT2D eigenvalue weighted by Crippen LogP contribution is 2.41. The molecule has 1 N–H and O–H groups in total. The predicted octanol–water partition coefficient (Wildman–Crippen LogP) is 4.04. The molecule has 2 aromatic carbocycles. The molecule has 1 atom stereocenters. The maximum atomic E-state index is 13.9. The molecular formula is C28H29N3O5S. The molecule has 1 amide bonds. The van der Waals surface area contributed by atoms with Gasteiger partial charge in [-0.2, -0.15) is 0 Å². The number of rotatable bonds is 8. The summed E-state index contributed by atoms with van der Waals surface area (Å²) in [6, 6.07) is 16.2. The van der Waals surface area contributed by atoms with Gasteiger partial charge in [0.05, 0.1) is 42.5 Å². The average Bonchev–Trinajstić information content (AvgIpc) is 3.45. The molecule has 37 heavy (non-hydrogen) atoms. The number of aliphatic hydroxyl groups excluding tert-OH is 1. The van der Waals surface area contributed by atoms with Crippen LogP contribution in [0.4, 0.5) is 0 Å². The number of aryl methyl sites for hydroxylation is 1. The van der Waals surface area contributed by atoms with E-state index in [-0.39, 0.29) is 11.4 Å². The molecule has 2 aliphatic heterocycles. The molecule has 2 aliphatic rings. The number of nitrogens with zero attached hydrogens (tertiary/aromatic N) is 3. The Bertz CT molecular complexity index is 1310. The van der Waals surface area contributed by atoms with Crippen LogP contribution in [0.5, 0.6) is 5.75 Å². The normalized spacial score (nSPS) is 18.5. The van der Waals surface area contributed by atoms with Crippen molar-refractivity contribution in [3.05, 3.63) is 82.1 Å². The molecule has 1 aromatic heterocycles. The maximum Gasteiger partial charge on any atom is 0.290 e. The second-order valence-corrected chi connectivity index (χ2v) is 10.0. The first-order chi connectivity index (χ1) is 18.0. The number of aromatic nitrogens is 1. The fourth-order valence-electron chi connectivity index (χ4n) is 4.76. The number of hydrogen-bond acceptors (Lipinski definition) is 8. The van der Waals surface area contributed by atoms with Gasteiger partial charge in [0.2, 0.25) is 5.78 Å². The highest BCUT2D eigenvalue weighted by molar-refractivity contribution is 7.17. The monoisotopic (exact) mass is 519 g/mol. The van der Waals surface area contributed by atoms with Crippen LogP contribution >= 0.6 is 11.3 Å². The third-order valence-electron chi connectivity index (χ3n) is 6.76. The van der Waals surface area contributed by atoms with Crippen LogP contribution in [0.3, 0.4) is 0 Å². The van der Waals surface area contributed by atoms with E-state index in [0.717, 1.165) is 29.2 Å². The van der Waals surface area contributed by atoms with E-state index in [9.17, 15) is 14.7 Å². The number of methoxy groups -OCH3 is 1. The van der Waals surface area contributed by atoms with Crippen LogP contribution < -0.4 is 4.74 Å². The molecule has 3 heterocycles. The summed E-state index contributed by atoms with van der Waals surface area (Å²) in [7, 11) is 1.58. The predicted molar refractivity (Wildman–Crippen MR) is 141 cm³/mol. The van der Waals surface area contributed by atoms with Crippen LogP contribution in [0.2, 0.25) is 0 Å². The lowest BCUT2D eigenvalue weighted by atomic mass is 9.95. The van der Waals surface area contributed by atoms with Gasteiger partial charge in [0.1, 0.15) is 10.8 Å². The standard InChI is InChI=1S/C28H29N3O5S/c1-18-26(37-27(29-18)20-6-4-3-5-7-20)24(32)22-23(19-8-10-21(35-2)11-9-19)31(28(34)25(22)33)13-12-30-14-16-36-17-15-30/h3-11,23,33H,12-17H2,1-2H3. The molecule has 0 aliphatic carbocycles. The third kappa shape index (κ3) is 5.02. The first-order valence-corrected chi connectivity index (χ1v) is 13.0. The molecule has 5 rings (SSSR count). The lowest BCUT2D eigenvalue weighted by Gasteiger charge is -2.31. The van der Waals surface area contributed by atoms with Crippen LogP contribution in [0, 0.1) is 6.92 Å². The Labute approximate surface area is 219 Å². The van der Waals surface area contributed by atoms with E-state index >= 15 is 0 Å². The molecule has 1 fully saturated rings. The summed E-state index contributed by atoms with van der Waals surface area (Å²) < 4.78 is 10.7. The smallest absolute Gasteiger partial charge is 0.290 e. The van der Waals surface area contributed by atoms with Crippen LogP contribution in [-0.4, -0.2) is 78.1 Å². The molecule has 1 unspecified atom stereocenters. The summed E-state index contributed by atoms with van der Waals surface area (Å²) in [5.74, 6) is -0.748. The Morgan fingerprint density at radius 1 is 1.11 bits per heavy atom. The van der Waals surface area contributed by atoms with Gasteiger partial charge in [0.25, 0.3) is 5.91 Å². The van der Waals surface area contributed by atoms with Crippen molar-refractivity contribution < 1.29 is 24.2 Å². The minimum absolute atomic E-state index is 0.0866. The number of morpholine rings is 1. The largest absolute Gasteiger partial charge is 0.503 e. The zero-order valence-electron chi connectivity index (χ0n) is 20.8. The number of thiazole rings is 1. The molecule has 9 heteroatoms.